The normalized spacial score (nSPS) is 12.5. The minimum atomic E-state index is 0.270. The SMILES string of the molecule is CSc1nccc(COc2ccc3c(c2)OCCN3c2cc(Cl)c(OCCCl)c(C#N)c2)n1. The van der Waals surface area contributed by atoms with Crippen LogP contribution in [0.5, 0.6) is 17.2 Å². The van der Waals surface area contributed by atoms with Gasteiger partial charge in [0.15, 0.2) is 10.9 Å². The number of nitrogens with zero attached hydrogens (tertiary/aromatic N) is 4. The van der Waals surface area contributed by atoms with Crippen LogP contribution in [0.3, 0.4) is 0 Å². The van der Waals surface area contributed by atoms with E-state index >= 15 is 0 Å². The Labute approximate surface area is 206 Å². The van der Waals surface area contributed by atoms with Crippen molar-refractivity contribution in [3.05, 3.63) is 58.9 Å². The zero-order chi connectivity index (χ0) is 23.2. The molecule has 0 amide bonds. The van der Waals surface area contributed by atoms with E-state index in [0.717, 1.165) is 17.1 Å². The maximum Gasteiger partial charge on any atom is 0.187 e. The molecule has 1 aliphatic heterocycles. The van der Waals surface area contributed by atoms with E-state index in [9.17, 15) is 5.26 Å². The summed E-state index contributed by atoms with van der Waals surface area (Å²) < 4.78 is 17.4. The number of hydrogen-bond acceptors (Lipinski definition) is 8. The van der Waals surface area contributed by atoms with Crippen LogP contribution in [0, 0.1) is 11.3 Å². The van der Waals surface area contributed by atoms with Crippen LogP contribution in [0.1, 0.15) is 11.3 Å². The molecule has 33 heavy (non-hydrogen) atoms. The van der Waals surface area contributed by atoms with Gasteiger partial charge in [-0.3, -0.25) is 0 Å². The van der Waals surface area contributed by atoms with Gasteiger partial charge in [0, 0.05) is 18.0 Å². The summed E-state index contributed by atoms with van der Waals surface area (Å²) in [7, 11) is 0. The Morgan fingerprint density at radius 1 is 1.24 bits per heavy atom. The fourth-order valence-corrected chi connectivity index (χ4v) is 4.10. The molecular formula is C23H20Cl2N4O3S. The number of benzene rings is 2. The highest BCUT2D eigenvalue weighted by atomic mass is 35.5. The molecule has 0 spiro atoms. The number of alkyl halides is 1. The molecule has 0 N–H and O–H groups in total. The maximum atomic E-state index is 9.59. The topological polar surface area (TPSA) is 80.5 Å². The lowest BCUT2D eigenvalue weighted by molar-refractivity contribution is 0.289. The average molecular weight is 503 g/mol. The van der Waals surface area contributed by atoms with Gasteiger partial charge in [0.25, 0.3) is 0 Å². The lowest BCUT2D eigenvalue weighted by Gasteiger charge is -2.32. The summed E-state index contributed by atoms with van der Waals surface area (Å²) in [5.41, 5.74) is 2.78. The van der Waals surface area contributed by atoms with Crippen molar-refractivity contribution in [2.24, 2.45) is 0 Å². The van der Waals surface area contributed by atoms with Gasteiger partial charge < -0.3 is 19.1 Å². The van der Waals surface area contributed by atoms with Crippen molar-refractivity contribution in [2.45, 2.75) is 11.8 Å². The molecule has 10 heteroatoms. The Kier molecular flexibility index (Phi) is 7.65. The second-order valence-electron chi connectivity index (χ2n) is 6.91. The molecule has 7 nitrogen and oxygen atoms in total. The van der Waals surface area contributed by atoms with Gasteiger partial charge in [0.05, 0.1) is 34.4 Å². The van der Waals surface area contributed by atoms with E-state index in [1.165, 1.54) is 11.8 Å². The predicted octanol–water partition coefficient (Wildman–Crippen LogP) is 5.45. The van der Waals surface area contributed by atoms with Gasteiger partial charge in [-0.25, -0.2) is 9.97 Å². The Morgan fingerprint density at radius 2 is 2.12 bits per heavy atom. The third kappa shape index (κ3) is 5.38. The van der Waals surface area contributed by atoms with Crippen molar-refractivity contribution in [1.82, 2.24) is 9.97 Å². The summed E-state index contributed by atoms with van der Waals surface area (Å²) in [6, 6.07) is 13.2. The Hall–Kier alpha value is -2.86. The number of fused-ring (bicyclic) bond motifs is 1. The molecule has 0 saturated carbocycles. The summed E-state index contributed by atoms with van der Waals surface area (Å²) in [6.07, 6.45) is 3.65. The molecule has 1 aromatic heterocycles. The quantitative estimate of drug-likeness (QED) is 0.228. The zero-order valence-corrected chi connectivity index (χ0v) is 20.1. The summed E-state index contributed by atoms with van der Waals surface area (Å²) >= 11 is 13.6. The molecule has 1 aliphatic rings. The minimum Gasteiger partial charge on any atom is -0.489 e. The number of aromatic nitrogens is 2. The van der Waals surface area contributed by atoms with Crippen molar-refractivity contribution >= 4 is 46.3 Å². The third-order valence-corrected chi connectivity index (χ3v) is 5.84. The van der Waals surface area contributed by atoms with Crippen LogP contribution >= 0.6 is 35.0 Å². The number of ether oxygens (including phenoxy) is 3. The van der Waals surface area contributed by atoms with Crippen LogP contribution in [-0.4, -0.2) is 41.9 Å². The smallest absolute Gasteiger partial charge is 0.187 e. The first-order chi connectivity index (χ1) is 16.1. The van der Waals surface area contributed by atoms with Gasteiger partial charge in [0.2, 0.25) is 0 Å². The van der Waals surface area contributed by atoms with Gasteiger partial charge >= 0.3 is 0 Å². The maximum absolute atomic E-state index is 9.59. The van der Waals surface area contributed by atoms with Crippen molar-refractivity contribution in [3.63, 3.8) is 0 Å². The second kappa shape index (κ2) is 10.8. The molecule has 0 saturated heterocycles. The van der Waals surface area contributed by atoms with Crippen molar-refractivity contribution < 1.29 is 14.2 Å². The first kappa shape index (κ1) is 23.3. The van der Waals surface area contributed by atoms with Gasteiger partial charge in [-0.15, -0.1) is 11.6 Å². The van der Waals surface area contributed by atoms with Crippen molar-refractivity contribution in [1.29, 1.82) is 5.26 Å². The van der Waals surface area contributed by atoms with E-state index in [2.05, 4.69) is 20.9 Å². The van der Waals surface area contributed by atoms with E-state index in [0.29, 0.717) is 58.6 Å². The van der Waals surface area contributed by atoms with E-state index in [4.69, 9.17) is 37.4 Å². The molecule has 4 rings (SSSR count). The standard InChI is InChI=1S/C23H20Cl2N4O3S/c1-33-23-27-6-4-16(28-23)14-32-18-2-3-20-21(12-18)30-9-7-29(20)17-10-15(13-26)22(19(25)11-17)31-8-5-24/h2-4,6,10-12H,5,7-9,14H2,1H3. The number of rotatable bonds is 8. The molecule has 0 bridgehead atoms. The first-order valence-electron chi connectivity index (χ1n) is 10.1. The van der Waals surface area contributed by atoms with Gasteiger partial charge in [-0.1, -0.05) is 23.4 Å². The molecule has 0 radical (unpaired) electrons. The summed E-state index contributed by atoms with van der Waals surface area (Å²) in [5.74, 6) is 2.00. The summed E-state index contributed by atoms with van der Waals surface area (Å²) in [6.45, 7) is 1.67. The molecule has 0 atom stereocenters. The lowest BCUT2D eigenvalue weighted by Crippen LogP contribution is -2.28. The van der Waals surface area contributed by atoms with Crippen LogP contribution in [0.4, 0.5) is 11.4 Å². The fourth-order valence-electron chi connectivity index (χ4n) is 3.38. The summed E-state index contributed by atoms with van der Waals surface area (Å²) in [4.78, 5) is 10.7. The van der Waals surface area contributed by atoms with E-state index in [1.54, 1.807) is 18.3 Å². The molecule has 170 valence electrons. The van der Waals surface area contributed by atoms with Crippen molar-refractivity contribution in [3.8, 4) is 23.3 Å². The van der Waals surface area contributed by atoms with E-state index in [-0.39, 0.29) is 6.61 Å². The number of nitriles is 1. The monoisotopic (exact) mass is 502 g/mol. The molecular weight excluding hydrogens is 483 g/mol. The molecule has 2 heterocycles. The molecule has 0 fully saturated rings. The molecule has 3 aromatic rings. The number of hydrogen-bond donors (Lipinski definition) is 0. The van der Waals surface area contributed by atoms with Crippen LogP contribution in [-0.2, 0) is 6.61 Å². The zero-order valence-electron chi connectivity index (χ0n) is 17.8. The molecule has 0 aliphatic carbocycles. The highest BCUT2D eigenvalue weighted by Gasteiger charge is 2.23. The van der Waals surface area contributed by atoms with E-state index < -0.39 is 0 Å². The lowest BCUT2D eigenvalue weighted by atomic mass is 10.1. The number of anilines is 2. The second-order valence-corrected chi connectivity index (χ2v) is 8.47. The van der Waals surface area contributed by atoms with Crippen molar-refractivity contribution in [2.75, 3.05) is 36.8 Å². The number of thioether (sulfide) groups is 1. The highest BCUT2D eigenvalue weighted by Crippen LogP contribution is 2.42. The van der Waals surface area contributed by atoms with Crippen LogP contribution < -0.4 is 19.1 Å². The third-order valence-electron chi connectivity index (χ3n) is 4.84. The minimum absolute atomic E-state index is 0.270. The van der Waals surface area contributed by atoms with E-state index in [1.807, 2.05) is 30.5 Å². The Bertz CT molecular complexity index is 1190. The van der Waals surface area contributed by atoms with Gasteiger partial charge in [0.1, 0.15) is 37.4 Å². The highest BCUT2D eigenvalue weighted by molar-refractivity contribution is 7.98. The van der Waals surface area contributed by atoms with Gasteiger partial charge in [-0.05, 0) is 36.6 Å². The Balaban J connectivity index is 1.56. The Morgan fingerprint density at radius 3 is 2.91 bits per heavy atom. The first-order valence-corrected chi connectivity index (χ1v) is 12.2. The molecule has 0 unspecified atom stereocenters. The largest absolute Gasteiger partial charge is 0.489 e. The van der Waals surface area contributed by atoms with Crippen LogP contribution in [0.25, 0.3) is 0 Å². The number of halogens is 2. The van der Waals surface area contributed by atoms with Gasteiger partial charge in [-0.2, -0.15) is 5.26 Å². The molecule has 2 aromatic carbocycles. The predicted molar refractivity (Wildman–Crippen MR) is 129 cm³/mol. The average Bonchev–Trinajstić information content (AvgIpc) is 2.85. The fraction of sp³-hybridized carbons (Fsp3) is 0.261. The summed E-state index contributed by atoms with van der Waals surface area (Å²) in [5, 5.41) is 10.7. The van der Waals surface area contributed by atoms with Crippen LogP contribution in [0.2, 0.25) is 5.02 Å². The van der Waals surface area contributed by atoms with Crippen LogP contribution in [0.15, 0.2) is 47.8 Å².